The summed E-state index contributed by atoms with van der Waals surface area (Å²) in [6, 6.07) is 11.4. The van der Waals surface area contributed by atoms with Crippen LogP contribution in [0.3, 0.4) is 0 Å². The Bertz CT molecular complexity index is 293. The Kier molecular flexibility index (Phi) is 4.23. The zero-order valence-corrected chi connectivity index (χ0v) is 10.2. The number of hydrogen-bond donors (Lipinski definition) is 1. The van der Waals surface area contributed by atoms with Crippen LogP contribution >= 0.6 is 0 Å². The highest BCUT2D eigenvalue weighted by atomic mass is 15.1. The van der Waals surface area contributed by atoms with Gasteiger partial charge in [0.1, 0.15) is 0 Å². The standard InChI is InChI=1S/C14H22N2/c1-16(14-9-3-2-4-10-14)12-6-11-15-13-7-5-8-13/h2-4,9-10,13,15H,5-8,11-12H2,1H3. The maximum absolute atomic E-state index is 3.60. The van der Waals surface area contributed by atoms with E-state index in [1.165, 1.54) is 31.4 Å². The average molecular weight is 218 g/mol. The van der Waals surface area contributed by atoms with E-state index in [9.17, 15) is 0 Å². The summed E-state index contributed by atoms with van der Waals surface area (Å²) in [7, 11) is 2.17. The lowest BCUT2D eigenvalue weighted by molar-refractivity contribution is 0.339. The molecular weight excluding hydrogens is 196 g/mol. The number of nitrogens with one attached hydrogen (secondary N) is 1. The fourth-order valence-electron chi connectivity index (χ4n) is 2.05. The van der Waals surface area contributed by atoms with Crippen LogP contribution in [0.2, 0.25) is 0 Å². The second-order valence-corrected chi connectivity index (χ2v) is 4.69. The molecule has 0 radical (unpaired) electrons. The third-order valence-corrected chi connectivity index (χ3v) is 3.41. The first-order chi connectivity index (χ1) is 7.86. The Morgan fingerprint density at radius 2 is 2.00 bits per heavy atom. The maximum atomic E-state index is 3.60. The second kappa shape index (κ2) is 5.90. The van der Waals surface area contributed by atoms with E-state index in [0.717, 1.165) is 19.1 Å². The highest BCUT2D eigenvalue weighted by Gasteiger charge is 2.15. The SMILES string of the molecule is CN(CCCNC1CCC1)c1ccccc1. The summed E-state index contributed by atoms with van der Waals surface area (Å²) in [5, 5.41) is 3.60. The van der Waals surface area contributed by atoms with E-state index in [-0.39, 0.29) is 0 Å². The molecule has 1 aromatic rings. The Labute approximate surface area is 98.7 Å². The normalized spacial score (nSPS) is 15.8. The van der Waals surface area contributed by atoms with E-state index in [4.69, 9.17) is 0 Å². The van der Waals surface area contributed by atoms with Crippen LogP contribution in [0.5, 0.6) is 0 Å². The van der Waals surface area contributed by atoms with E-state index in [1.54, 1.807) is 0 Å². The number of nitrogens with zero attached hydrogens (tertiary/aromatic N) is 1. The van der Waals surface area contributed by atoms with Crippen LogP contribution in [0.4, 0.5) is 5.69 Å². The number of benzene rings is 1. The Hall–Kier alpha value is -1.02. The highest BCUT2D eigenvalue weighted by Crippen LogP contribution is 2.17. The van der Waals surface area contributed by atoms with Gasteiger partial charge in [-0.3, -0.25) is 0 Å². The molecule has 1 N–H and O–H groups in total. The van der Waals surface area contributed by atoms with Gasteiger partial charge in [-0.05, 0) is 37.9 Å². The summed E-state index contributed by atoms with van der Waals surface area (Å²) in [6.45, 7) is 2.28. The molecule has 0 atom stereocenters. The molecule has 0 aromatic heterocycles. The first kappa shape index (κ1) is 11.5. The zero-order valence-electron chi connectivity index (χ0n) is 10.2. The summed E-state index contributed by atoms with van der Waals surface area (Å²) in [6.07, 6.45) is 5.41. The molecule has 2 heteroatoms. The van der Waals surface area contributed by atoms with Gasteiger partial charge in [-0.2, -0.15) is 0 Å². The van der Waals surface area contributed by atoms with Crippen LogP contribution in [0.15, 0.2) is 30.3 Å². The van der Waals surface area contributed by atoms with E-state index in [0.29, 0.717) is 0 Å². The smallest absolute Gasteiger partial charge is 0.0363 e. The predicted octanol–water partition coefficient (Wildman–Crippen LogP) is 2.66. The summed E-state index contributed by atoms with van der Waals surface area (Å²) in [4.78, 5) is 2.32. The monoisotopic (exact) mass is 218 g/mol. The van der Waals surface area contributed by atoms with Gasteiger partial charge in [-0.1, -0.05) is 24.6 Å². The molecule has 0 bridgehead atoms. The molecule has 1 saturated carbocycles. The Balaban J connectivity index is 1.62. The molecule has 2 rings (SSSR count). The molecule has 0 amide bonds. The molecule has 0 unspecified atom stereocenters. The van der Waals surface area contributed by atoms with Gasteiger partial charge < -0.3 is 10.2 Å². The predicted molar refractivity (Wildman–Crippen MR) is 70.0 cm³/mol. The molecule has 1 aromatic carbocycles. The van der Waals surface area contributed by atoms with Gasteiger partial charge in [0.25, 0.3) is 0 Å². The fourth-order valence-corrected chi connectivity index (χ4v) is 2.05. The Morgan fingerprint density at radius 1 is 1.25 bits per heavy atom. The lowest BCUT2D eigenvalue weighted by Crippen LogP contribution is -2.36. The fraction of sp³-hybridized carbons (Fsp3) is 0.571. The summed E-state index contributed by atoms with van der Waals surface area (Å²) < 4.78 is 0. The molecule has 1 aliphatic carbocycles. The van der Waals surface area contributed by atoms with Crippen molar-refractivity contribution < 1.29 is 0 Å². The molecule has 1 fully saturated rings. The van der Waals surface area contributed by atoms with Crippen LogP contribution in [-0.4, -0.2) is 26.2 Å². The van der Waals surface area contributed by atoms with Crippen molar-refractivity contribution in [3.05, 3.63) is 30.3 Å². The number of rotatable bonds is 6. The minimum absolute atomic E-state index is 0.821. The quantitative estimate of drug-likeness (QED) is 0.738. The van der Waals surface area contributed by atoms with Crippen LogP contribution in [0.1, 0.15) is 25.7 Å². The lowest BCUT2D eigenvalue weighted by atomic mass is 9.93. The van der Waals surface area contributed by atoms with Crippen LogP contribution in [0.25, 0.3) is 0 Å². The molecule has 16 heavy (non-hydrogen) atoms. The van der Waals surface area contributed by atoms with Crippen molar-refractivity contribution in [2.45, 2.75) is 31.7 Å². The molecule has 0 spiro atoms. The van der Waals surface area contributed by atoms with Crippen molar-refractivity contribution in [3.8, 4) is 0 Å². The first-order valence-electron chi connectivity index (χ1n) is 6.36. The van der Waals surface area contributed by atoms with Crippen molar-refractivity contribution in [2.75, 3.05) is 25.0 Å². The minimum atomic E-state index is 0.821. The molecule has 0 saturated heterocycles. The summed E-state index contributed by atoms with van der Waals surface area (Å²) in [5.41, 5.74) is 1.31. The zero-order chi connectivity index (χ0) is 11.2. The number of para-hydroxylation sites is 1. The van der Waals surface area contributed by atoms with Crippen molar-refractivity contribution in [3.63, 3.8) is 0 Å². The molecule has 88 valence electrons. The molecule has 0 heterocycles. The van der Waals surface area contributed by atoms with Gasteiger partial charge in [0, 0.05) is 25.3 Å². The summed E-state index contributed by atoms with van der Waals surface area (Å²) >= 11 is 0. The number of hydrogen-bond acceptors (Lipinski definition) is 2. The second-order valence-electron chi connectivity index (χ2n) is 4.69. The maximum Gasteiger partial charge on any atom is 0.0363 e. The van der Waals surface area contributed by atoms with Crippen molar-refractivity contribution in [1.82, 2.24) is 5.32 Å². The van der Waals surface area contributed by atoms with E-state index < -0.39 is 0 Å². The van der Waals surface area contributed by atoms with E-state index >= 15 is 0 Å². The largest absolute Gasteiger partial charge is 0.375 e. The third kappa shape index (κ3) is 3.24. The minimum Gasteiger partial charge on any atom is -0.375 e. The van der Waals surface area contributed by atoms with Gasteiger partial charge in [-0.15, -0.1) is 0 Å². The molecular formula is C14H22N2. The molecule has 2 nitrogen and oxygen atoms in total. The van der Waals surface area contributed by atoms with Crippen LogP contribution < -0.4 is 10.2 Å². The van der Waals surface area contributed by atoms with E-state index in [1.807, 2.05) is 0 Å². The van der Waals surface area contributed by atoms with Gasteiger partial charge >= 0.3 is 0 Å². The van der Waals surface area contributed by atoms with Crippen molar-refractivity contribution in [1.29, 1.82) is 0 Å². The van der Waals surface area contributed by atoms with Gasteiger partial charge in [0.15, 0.2) is 0 Å². The van der Waals surface area contributed by atoms with Crippen molar-refractivity contribution in [2.24, 2.45) is 0 Å². The van der Waals surface area contributed by atoms with Crippen molar-refractivity contribution >= 4 is 5.69 Å². The van der Waals surface area contributed by atoms with Crippen LogP contribution in [-0.2, 0) is 0 Å². The van der Waals surface area contributed by atoms with Gasteiger partial charge in [0.2, 0.25) is 0 Å². The van der Waals surface area contributed by atoms with Crippen LogP contribution in [0, 0.1) is 0 Å². The Morgan fingerprint density at radius 3 is 2.62 bits per heavy atom. The van der Waals surface area contributed by atoms with Gasteiger partial charge in [-0.25, -0.2) is 0 Å². The third-order valence-electron chi connectivity index (χ3n) is 3.41. The number of anilines is 1. The van der Waals surface area contributed by atoms with Gasteiger partial charge in [0.05, 0.1) is 0 Å². The highest BCUT2D eigenvalue weighted by molar-refractivity contribution is 5.44. The molecule has 0 aliphatic heterocycles. The topological polar surface area (TPSA) is 15.3 Å². The summed E-state index contributed by atoms with van der Waals surface area (Å²) in [5.74, 6) is 0. The molecule has 1 aliphatic rings. The van der Waals surface area contributed by atoms with E-state index in [2.05, 4.69) is 47.6 Å². The average Bonchev–Trinajstić information content (AvgIpc) is 2.27. The lowest BCUT2D eigenvalue weighted by Gasteiger charge is -2.27. The first-order valence-corrected chi connectivity index (χ1v) is 6.36.